The SMILES string of the molecule is CCOC1CC2CN(C(=O)[C@@H](N)C3CCCCC3)C(C(=O)N[C@@H]3CCOc4ccccc43)CN2C1. The molecule has 1 aromatic carbocycles. The lowest BCUT2D eigenvalue weighted by Crippen LogP contribution is -2.65. The lowest BCUT2D eigenvalue weighted by Gasteiger charge is -2.44. The largest absolute Gasteiger partial charge is 0.493 e. The van der Waals surface area contributed by atoms with Crippen molar-refractivity contribution in [1.82, 2.24) is 15.1 Å². The lowest BCUT2D eigenvalue weighted by atomic mass is 9.83. The summed E-state index contributed by atoms with van der Waals surface area (Å²) < 4.78 is 11.7. The summed E-state index contributed by atoms with van der Waals surface area (Å²) in [4.78, 5) is 31.6. The summed E-state index contributed by atoms with van der Waals surface area (Å²) in [5.74, 6) is 0.859. The molecule has 0 radical (unpaired) electrons. The number of fused-ring (bicyclic) bond motifs is 2. The Hall–Kier alpha value is -2.16. The second-order valence-electron chi connectivity index (χ2n) is 10.6. The molecular formula is C27H40N4O4. The molecule has 8 nitrogen and oxygen atoms in total. The first kappa shape index (κ1) is 24.5. The second kappa shape index (κ2) is 10.8. The minimum absolute atomic E-state index is 0.0658. The Labute approximate surface area is 208 Å². The topological polar surface area (TPSA) is 97.1 Å². The van der Waals surface area contributed by atoms with Gasteiger partial charge in [0.1, 0.15) is 11.8 Å². The number of benzene rings is 1. The van der Waals surface area contributed by atoms with E-state index in [0.29, 0.717) is 32.7 Å². The summed E-state index contributed by atoms with van der Waals surface area (Å²) in [5, 5.41) is 3.25. The van der Waals surface area contributed by atoms with Gasteiger partial charge in [-0.2, -0.15) is 0 Å². The predicted molar refractivity (Wildman–Crippen MR) is 133 cm³/mol. The van der Waals surface area contributed by atoms with Crippen LogP contribution in [0.5, 0.6) is 5.75 Å². The lowest BCUT2D eigenvalue weighted by molar-refractivity contribution is -0.147. The van der Waals surface area contributed by atoms with Gasteiger partial charge in [-0.05, 0) is 38.2 Å². The van der Waals surface area contributed by atoms with Gasteiger partial charge in [0, 0.05) is 44.3 Å². The van der Waals surface area contributed by atoms with E-state index in [9.17, 15) is 9.59 Å². The number of amides is 2. The highest BCUT2D eigenvalue weighted by atomic mass is 16.5. The van der Waals surface area contributed by atoms with E-state index in [4.69, 9.17) is 15.2 Å². The van der Waals surface area contributed by atoms with Crippen LogP contribution in [0.4, 0.5) is 0 Å². The molecule has 0 bridgehead atoms. The van der Waals surface area contributed by atoms with Crippen molar-refractivity contribution in [2.45, 2.75) is 82.1 Å². The highest BCUT2D eigenvalue weighted by Gasteiger charge is 2.46. The molecule has 0 aromatic heterocycles. The number of para-hydroxylation sites is 1. The van der Waals surface area contributed by atoms with Crippen molar-refractivity contribution in [3.63, 3.8) is 0 Å². The van der Waals surface area contributed by atoms with Crippen LogP contribution < -0.4 is 15.8 Å². The summed E-state index contributed by atoms with van der Waals surface area (Å²) in [6.45, 7) is 5.11. The zero-order valence-electron chi connectivity index (χ0n) is 20.9. The Kier molecular flexibility index (Phi) is 7.60. The molecule has 3 fully saturated rings. The summed E-state index contributed by atoms with van der Waals surface area (Å²) in [6.07, 6.45) is 7.22. The minimum Gasteiger partial charge on any atom is -0.493 e. The third-order valence-corrected chi connectivity index (χ3v) is 8.39. The average molecular weight is 485 g/mol. The number of carbonyl (C=O) groups excluding carboxylic acids is 2. The van der Waals surface area contributed by atoms with E-state index in [1.807, 2.05) is 31.2 Å². The quantitative estimate of drug-likeness (QED) is 0.643. The Bertz CT molecular complexity index is 905. The molecule has 3 aliphatic heterocycles. The van der Waals surface area contributed by atoms with Gasteiger partial charge < -0.3 is 25.4 Å². The van der Waals surface area contributed by atoms with Gasteiger partial charge in [0.05, 0.1) is 24.8 Å². The first-order chi connectivity index (χ1) is 17.0. The van der Waals surface area contributed by atoms with Crippen LogP contribution in [0.2, 0.25) is 0 Å². The summed E-state index contributed by atoms with van der Waals surface area (Å²) in [7, 11) is 0. The highest BCUT2D eigenvalue weighted by Crippen LogP contribution is 2.33. The van der Waals surface area contributed by atoms with Crippen molar-refractivity contribution >= 4 is 11.8 Å². The van der Waals surface area contributed by atoms with E-state index in [1.54, 1.807) is 4.90 Å². The van der Waals surface area contributed by atoms with Crippen LogP contribution in [0.25, 0.3) is 0 Å². The summed E-state index contributed by atoms with van der Waals surface area (Å²) >= 11 is 0. The van der Waals surface area contributed by atoms with Gasteiger partial charge in [-0.1, -0.05) is 37.5 Å². The Morgan fingerprint density at radius 2 is 1.94 bits per heavy atom. The van der Waals surface area contributed by atoms with Crippen molar-refractivity contribution in [1.29, 1.82) is 0 Å². The van der Waals surface area contributed by atoms with Gasteiger partial charge >= 0.3 is 0 Å². The number of piperazine rings is 1. The molecule has 2 saturated heterocycles. The molecule has 0 spiro atoms. The maximum atomic E-state index is 13.7. The number of rotatable bonds is 6. The van der Waals surface area contributed by atoms with Crippen LogP contribution in [0.3, 0.4) is 0 Å². The Morgan fingerprint density at radius 3 is 2.74 bits per heavy atom. The van der Waals surface area contributed by atoms with Crippen LogP contribution in [0.1, 0.15) is 63.5 Å². The molecule has 1 saturated carbocycles. The van der Waals surface area contributed by atoms with Crippen LogP contribution in [0, 0.1) is 5.92 Å². The van der Waals surface area contributed by atoms with Crippen molar-refractivity contribution in [2.24, 2.45) is 11.7 Å². The first-order valence-electron chi connectivity index (χ1n) is 13.5. The number of nitrogens with zero attached hydrogens (tertiary/aromatic N) is 2. The zero-order valence-corrected chi connectivity index (χ0v) is 20.9. The van der Waals surface area contributed by atoms with Gasteiger partial charge in [0.25, 0.3) is 0 Å². The fourth-order valence-electron chi connectivity index (χ4n) is 6.50. The normalized spacial score (nSPS) is 30.2. The monoisotopic (exact) mass is 484 g/mol. The van der Waals surface area contributed by atoms with Gasteiger partial charge in [-0.3, -0.25) is 14.5 Å². The minimum atomic E-state index is -0.552. The van der Waals surface area contributed by atoms with Gasteiger partial charge in [0.15, 0.2) is 0 Å². The smallest absolute Gasteiger partial charge is 0.244 e. The highest BCUT2D eigenvalue weighted by molar-refractivity contribution is 5.90. The van der Waals surface area contributed by atoms with E-state index in [0.717, 1.165) is 50.0 Å². The van der Waals surface area contributed by atoms with E-state index >= 15 is 0 Å². The number of ether oxygens (including phenoxy) is 2. The molecule has 5 atom stereocenters. The maximum absolute atomic E-state index is 13.7. The predicted octanol–water partition coefficient (Wildman–Crippen LogP) is 2.22. The number of carbonyl (C=O) groups is 2. The van der Waals surface area contributed by atoms with E-state index in [-0.39, 0.29) is 35.9 Å². The van der Waals surface area contributed by atoms with Crippen LogP contribution >= 0.6 is 0 Å². The fraction of sp³-hybridized carbons (Fsp3) is 0.704. The third-order valence-electron chi connectivity index (χ3n) is 8.39. The van der Waals surface area contributed by atoms with Crippen molar-refractivity contribution in [3.8, 4) is 5.75 Å². The van der Waals surface area contributed by atoms with Crippen LogP contribution in [-0.2, 0) is 14.3 Å². The molecule has 5 rings (SSSR count). The molecule has 3 heterocycles. The van der Waals surface area contributed by atoms with E-state index in [1.165, 1.54) is 6.42 Å². The van der Waals surface area contributed by atoms with Crippen molar-refractivity contribution in [3.05, 3.63) is 29.8 Å². The van der Waals surface area contributed by atoms with E-state index in [2.05, 4.69) is 10.2 Å². The van der Waals surface area contributed by atoms with Crippen LogP contribution in [-0.4, -0.2) is 78.7 Å². The van der Waals surface area contributed by atoms with E-state index < -0.39 is 12.1 Å². The third kappa shape index (κ3) is 5.20. The molecule has 35 heavy (non-hydrogen) atoms. The van der Waals surface area contributed by atoms with Gasteiger partial charge in [-0.15, -0.1) is 0 Å². The first-order valence-corrected chi connectivity index (χ1v) is 13.5. The van der Waals surface area contributed by atoms with Crippen molar-refractivity contribution < 1.29 is 19.1 Å². The molecule has 1 aliphatic carbocycles. The molecule has 1 aromatic rings. The summed E-state index contributed by atoms with van der Waals surface area (Å²) in [5.41, 5.74) is 7.56. The maximum Gasteiger partial charge on any atom is 0.244 e. The number of hydrogen-bond donors (Lipinski definition) is 2. The molecule has 192 valence electrons. The molecular weight excluding hydrogens is 444 g/mol. The molecule has 3 N–H and O–H groups in total. The number of hydrogen-bond acceptors (Lipinski definition) is 6. The Balaban J connectivity index is 1.34. The summed E-state index contributed by atoms with van der Waals surface area (Å²) in [6, 6.07) is 6.86. The number of nitrogens with two attached hydrogens (primary N) is 1. The average Bonchev–Trinajstić information content (AvgIpc) is 3.29. The second-order valence-corrected chi connectivity index (χ2v) is 10.6. The van der Waals surface area contributed by atoms with Crippen molar-refractivity contribution in [2.75, 3.05) is 32.8 Å². The fourth-order valence-corrected chi connectivity index (χ4v) is 6.50. The molecule has 3 unspecified atom stereocenters. The molecule has 8 heteroatoms. The number of nitrogens with one attached hydrogen (secondary N) is 1. The van der Waals surface area contributed by atoms with Gasteiger partial charge in [-0.25, -0.2) is 0 Å². The molecule has 4 aliphatic rings. The van der Waals surface area contributed by atoms with Crippen LogP contribution in [0.15, 0.2) is 24.3 Å². The standard InChI is InChI=1S/C27H40N4O4/c1-2-34-20-14-19-15-31(27(33)25(28)18-8-4-3-5-9-18)23(17-30(19)16-20)26(32)29-22-12-13-35-24-11-7-6-10-21(22)24/h6-7,10-11,18-20,22-23,25H,2-5,8-9,12-17,28H2,1H3,(H,29,32)/t19?,20?,22-,23?,25+/m1/s1. The van der Waals surface area contributed by atoms with Gasteiger partial charge in [0.2, 0.25) is 11.8 Å². The zero-order chi connectivity index (χ0) is 24.4. The molecule has 2 amide bonds. The Morgan fingerprint density at radius 1 is 1.14 bits per heavy atom.